The van der Waals surface area contributed by atoms with Crippen LogP contribution in [-0.4, -0.2) is 32.5 Å². The third-order valence-corrected chi connectivity index (χ3v) is 3.28. The minimum Gasteiger partial charge on any atom is -0.370 e. The zero-order valence-electron chi connectivity index (χ0n) is 9.00. The smallest absolute Gasteiger partial charge is 0.213 e. The van der Waals surface area contributed by atoms with E-state index in [-0.39, 0.29) is 0 Å². The Balaban J connectivity index is 1.93. The highest BCUT2D eigenvalue weighted by Crippen LogP contribution is 2.29. The Morgan fingerprint density at radius 2 is 2.38 bits per heavy atom. The molecule has 0 aromatic heterocycles. The molecule has 4 heteroatoms. The van der Waals surface area contributed by atoms with Gasteiger partial charge in [-0.15, -0.1) is 0 Å². The molecule has 85 valence electrons. The van der Waals surface area contributed by atoms with Crippen molar-refractivity contribution in [2.45, 2.75) is 6.42 Å². The van der Waals surface area contributed by atoms with Gasteiger partial charge in [-0.2, -0.15) is 0 Å². The van der Waals surface area contributed by atoms with Gasteiger partial charge in [-0.05, 0) is 30.2 Å². The number of hydrogen-bond donors (Lipinski definition) is 1. The van der Waals surface area contributed by atoms with Crippen LogP contribution < -0.4 is 10.2 Å². The fourth-order valence-corrected chi connectivity index (χ4v) is 2.43. The molecule has 0 aliphatic carbocycles. The van der Waals surface area contributed by atoms with Crippen LogP contribution in [0, 0.1) is 0 Å². The second-order valence-electron chi connectivity index (χ2n) is 3.83. The van der Waals surface area contributed by atoms with Crippen molar-refractivity contribution in [3.63, 3.8) is 0 Å². The standard InChI is InChI=1S/C12H14BrN2O/c13-11-1-2-12-10(9-11)3-6-15(12)7-4-14-5-8-16/h1-2,9,14H,3-7H2. The number of carbonyl (C=O) groups excluding carboxylic acids is 1. The number of benzene rings is 1. The Hall–Kier alpha value is -0.870. The van der Waals surface area contributed by atoms with E-state index < -0.39 is 0 Å². The van der Waals surface area contributed by atoms with E-state index in [0.29, 0.717) is 6.54 Å². The van der Waals surface area contributed by atoms with Gasteiger partial charge in [0.25, 0.3) is 0 Å². The van der Waals surface area contributed by atoms with Crippen LogP contribution in [-0.2, 0) is 11.2 Å². The minimum absolute atomic E-state index is 0.320. The fraction of sp³-hybridized carbons (Fsp3) is 0.417. The first-order chi connectivity index (χ1) is 7.81. The molecule has 0 amide bonds. The number of anilines is 1. The lowest BCUT2D eigenvalue weighted by Gasteiger charge is -2.19. The van der Waals surface area contributed by atoms with Crippen molar-refractivity contribution in [3.05, 3.63) is 28.2 Å². The normalized spacial score (nSPS) is 13.9. The summed E-state index contributed by atoms with van der Waals surface area (Å²) < 4.78 is 1.14. The van der Waals surface area contributed by atoms with Crippen LogP contribution in [0.5, 0.6) is 0 Å². The minimum atomic E-state index is 0.320. The summed E-state index contributed by atoms with van der Waals surface area (Å²) in [5, 5.41) is 3.03. The maximum atomic E-state index is 10.0. The molecule has 1 N–H and O–H groups in total. The van der Waals surface area contributed by atoms with Gasteiger partial charge in [0.15, 0.2) is 0 Å². The molecule has 0 fully saturated rings. The molecule has 2 rings (SSSR count). The molecular formula is C12H14BrN2O. The Morgan fingerprint density at radius 3 is 3.19 bits per heavy atom. The molecular weight excluding hydrogens is 268 g/mol. The van der Waals surface area contributed by atoms with Crippen molar-refractivity contribution in [3.8, 4) is 0 Å². The highest BCUT2D eigenvalue weighted by molar-refractivity contribution is 9.10. The van der Waals surface area contributed by atoms with Gasteiger partial charge in [-0.1, -0.05) is 15.9 Å². The summed E-state index contributed by atoms with van der Waals surface area (Å²) in [6.45, 7) is 3.15. The lowest BCUT2D eigenvalue weighted by molar-refractivity contribution is 0.548. The molecule has 1 aromatic carbocycles. The van der Waals surface area contributed by atoms with Crippen molar-refractivity contribution < 1.29 is 4.79 Å². The largest absolute Gasteiger partial charge is 0.370 e. The number of halogens is 1. The van der Waals surface area contributed by atoms with Gasteiger partial charge >= 0.3 is 0 Å². The summed E-state index contributed by atoms with van der Waals surface area (Å²) >= 11 is 3.48. The van der Waals surface area contributed by atoms with Crippen LogP contribution in [0.3, 0.4) is 0 Å². The Labute approximate surface area is 104 Å². The first kappa shape index (κ1) is 11.6. The summed E-state index contributed by atoms with van der Waals surface area (Å²) in [7, 11) is 0. The van der Waals surface area contributed by atoms with Gasteiger partial charge in [0.1, 0.15) is 0 Å². The summed E-state index contributed by atoms with van der Waals surface area (Å²) in [5.74, 6) is 0. The SMILES string of the molecule is O=[C]CNCCN1CCc2cc(Br)ccc21. The van der Waals surface area contributed by atoms with Gasteiger partial charge in [0, 0.05) is 29.8 Å². The predicted octanol–water partition coefficient (Wildman–Crippen LogP) is 1.51. The van der Waals surface area contributed by atoms with Crippen molar-refractivity contribution in [1.82, 2.24) is 5.32 Å². The summed E-state index contributed by atoms with van der Waals surface area (Å²) in [4.78, 5) is 12.4. The zero-order chi connectivity index (χ0) is 11.4. The zero-order valence-corrected chi connectivity index (χ0v) is 10.6. The second kappa shape index (κ2) is 5.46. The molecule has 0 bridgehead atoms. The molecule has 1 aromatic rings. The molecule has 1 radical (unpaired) electrons. The Kier molecular flexibility index (Phi) is 3.96. The van der Waals surface area contributed by atoms with Crippen LogP contribution in [0.15, 0.2) is 22.7 Å². The summed E-state index contributed by atoms with van der Waals surface area (Å²) in [6.07, 6.45) is 2.94. The molecule has 0 spiro atoms. The quantitative estimate of drug-likeness (QED) is 0.831. The molecule has 3 nitrogen and oxygen atoms in total. The van der Waals surface area contributed by atoms with Crippen LogP contribution in [0.25, 0.3) is 0 Å². The van der Waals surface area contributed by atoms with E-state index in [2.05, 4.69) is 44.3 Å². The van der Waals surface area contributed by atoms with Crippen LogP contribution >= 0.6 is 15.9 Å². The maximum absolute atomic E-state index is 10.0. The number of nitrogens with zero attached hydrogens (tertiary/aromatic N) is 1. The molecule has 0 saturated carbocycles. The second-order valence-corrected chi connectivity index (χ2v) is 4.75. The van der Waals surface area contributed by atoms with E-state index in [0.717, 1.165) is 30.5 Å². The number of nitrogens with one attached hydrogen (secondary N) is 1. The lowest BCUT2D eigenvalue weighted by Crippen LogP contribution is -2.31. The van der Waals surface area contributed by atoms with Crippen molar-refractivity contribution >= 4 is 27.9 Å². The van der Waals surface area contributed by atoms with Gasteiger partial charge in [0.05, 0.1) is 6.54 Å². The topological polar surface area (TPSA) is 32.3 Å². The molecule has 0 saturated heterocycles. The monoisotopic (exact) mass is 281 g/mol. The van der Waals surface area contributed by atoms with Crippen molar-refractivity contribution in [2.24, 2.45) is 0 Å². The number of rotatable bonds is 5. The summed E-state index contributed by atoms with van der Waals surface area (Å²) in [5.41, 5.74) is 2.72. The highest BCUT2D eigenvalue weighted by atomic mass is 79.9. The third-order valence-electron chi connectivity index (χ3n) is 2.79. The number of fused-ring (bicyclic) bond motifs is 1. The molecule has 1 heterocycles. The van der Waals surface area contributed by atoms with Crippen molar-refractivity contribution in [2.75, 3.05) is 31.1 Å². The maximum Gasteiger partial charge on any atom is 0.213 e. The molecule has 1 aliphatic rings. The van der Waals surface area contributed by atoms with Gasteiger partial charge in [-0.3, -0.25) is 4.79 Å². The Bertz CT molecular complexity index is 381. The average Bonchev–Trinajstić information content (AvgIpc) is 2.67. The average molecular weight is 282 g/mol. The van der Waals surface area contributed by atoms with Gasteiger partial charge < -0.3 is 10.2 Å². The first-order valence-electron chi connectivity index (χ1n) is 5.40. The third kappa shape index (κ3) is 2.62. The van der Waals surface area contributed by atoms with E-state index in [1.165, 1.54) is 11.3 Å². The van der Waals surface area contributed by atoms with Crippen LogP contribution in [0.4, 0.5) is 5.69 Å². The molecule has 0 unspecified atom stereocenters. The molecule has 16 heavy (non-hydrogen) atoms. The Morgan fingerprint density at radius 1 is 1.50 bits per heavy atom. The van der Waals surface area contributed by atoms with E-state index in [1.807, 2.05) is 6.29 Å². The van der Waals surface area contributed by atoms with Gasteiger partial charge in [0.2, 0.25) is 6.29 Å². The van der Waals surface area contributed by atoms with E-state index >= 15 is 0 Å². The lowest BCUT2D eigenvalue weighted by atomic mass is 10.2. The first-order valence-corrected chi connectivity index (χ1v) is 6.19. The van der Waals surface area contributed by atoms with Crippen LogP contribution in [0.2, 0.25) is 0 Å². The van der Waals surface area contributed by atoms with E-state index in [4.69, 9.17) is 0 Å². The summed E-state index contributed by atoms with van der Waals surface area (Å²) in [6, 6.07) is 6.41. The fourth-order valence-electron chi connectivity index (χ4n) is 2.02. The molecule has 1 aliphatic heterocycles. The van der Waals surface area contributed by atoms with Crippen LogP contribution in [0.1, 0.15) is 5.56 Å². The van der Waals surface area contributed by atoms with Crippen molar-refractivity contribution in [1.29, 1.82) is 0 Å². The van der Waals surface area contributed by atoms with Gasteiger partial charge in [-0.25, -0.2) is 0 Å². The van der Waals surface area contributed by atoms with E-state index in [1.54, 1.807) is 0 Å². The van der Waals surface area contributed by atoms with E-state index in [9.17, 15) is 4.79 Å². The predicted molar refractivity (Wildman–Crippen MR) is 68.6 cm³/mol. The number of hydrogen-bond acceptors (Lipinski definition) is 3. The molecule has 0 atom stereocenters. The highest BCUT2D eigenvalue weighted by Gasteiger charge is 2.18.